The predicted molar refractivity (Wildman–Crippen MR) is 105 cm³/mol. The van der Waals surface area contributed by atoms with E-state index in [0.717, 1.165) is 5.39 Å². The van der Waals surface area contributed by atoms with Crippen LogP contribution in [0.3, 0.4) is 0 Å². The van der Waals surface area contributed by atoms with Crippen molar-refractivity contribution in [1.29, 1.82) is 0 Å². The van der Waals surface area contributed by atoms with E-state index in [1.807, 2.05) is 13.1 Å². The van der Waals surface area contributed by atoms with Crippen molar-refractivity contribution in [3.63, 3.8) is 0 Å². The Morgan fingerprint density at radius 1 is 1.11 bits per heavy atom. The molecule has 7 nitrogen and oxygen atoms in total. The summed E-state index contributed by atoms with van der Waals surface area (Å²) in [5.41, 5.74) is 1.09. The number of fused-ring (bicyclic) bond motifs is 1. The van der Waals surface area contributed by atoms with Gasteiger partial charge in [0.1, 0.15) is 12.4 Å². The lowest BCUT2D eigenvalue weighted by atomic mass is 10.2. The monoisotopic (exact) mass is 387 g/mol. The molecule has 0 aliphatic rings. The summed E-state index contributed by atoms with van der Waals surface area (Å²) in [4.78, 5) is 11.2. The molecule has 0 saturated heterocycles. The molecule has 1 aromatic heterocycles. The highest BCUT2D eigenvalue weighted by Crippen LogP contribution is 2.29. The normalized spacial score (nSPS) is 11.5. The molecule has 0 unspecified atom stereocenters. The Morgan fingerprint density at radius 3 is 2.52 bits per heavy atom. The number of aromatic nitrogens is 1. The third-order valence-electron chi connectivity index (χ3n) is 4.00. The van der Waals surface area contributed by atoms with Gasteiger partial charge in [0.05, 0.1) is 10.4 Å². The van der Waals surface area contributed by atoms with E-state index in [9.17, 15) is 13.2 Å². The fourth-order valence-corrected chi connectivity index (χ4v) is 4.09. The highest BCUT2D eigenvalue weighted by atomic mass is 32.2. The summed E-state index contributed by atoms with van der Waals surface area (Å²) in [6.45, 7) is 2.57. The average molecular weight is 387 g/mol. The van der Waals surface area contributed by atoms with E-state index < -0.39 is 10.0 Å². The number of hydrogen-bond donors (Lipinski definition) is 2. The van der Waals surface area contributed by atoms with Crippen LogP contribution >= 0.6 is 0 Å². The molecule has 0 spiro atoms. The van der Waals surface area contributed by atoms with Crippen molar-refractivity contribution in [3.05, 3.63) is 54.7 Å². The Balaban J connectivity index is 1.96. The number of amides is 1. The van der Waals surface area contributed by atoms with Gasteiger partial charge in [-0.3, -0.25) is 4.79 Å². The number of rotatable bonds is 7. The Labute approximate surface area is 158 Å². The van der Waals surface area contributed by atoms with Gasteiger partial charge >= 0.3 is 0 Å². The predicted octanol–water partition coefficient (Wildman–Crippen LogP) is 2.43. The van der Waals surface area contributed by atoms with Crippen molar-refractivity contribution < 1.29 is 17.9 Å². The van der Waals surface area contributed by atoms with Gasteiger partial charge in [-0.05, 0) is 49.5 Å². The molecule has 8 heteroatoms. The zero-order valence-electron chi connectivity index (χ0n) is 15.1. The molecule has 0 saturated carbocycles. The van der Waals surface area contributed by atoms with Crippen molar-refractivity contribution in [2.45, 2.75) is 11.8 Å². The van der Waals surface area contributed by atoms with Gasteiger partial charge in [-0.1, -0.05) is 6.07 Å². The van der Waals surface area contributed by atoms with Crippen LogP contribution in [0, 0.1) is 0 Å². The van der Waals surface area contributed by atoms with Crippen molar-refractivity contribution in [2.24, 2.45) is 0 Å². The van der Waals surface area contributed by atoms with Crippen LogP contribution < -0.4 is 15.4 Å². The minimum absolute atomic E-state index is 0.135. The number of benzene rings is 2. The van der Waals surface area contributed by atoms with Crippen molar-refractivity contribution in [2.75, 3.05) is 25.5 Å². The fourth-order valence-electron chi connectivity index (χ4n) is 2.74. The van der Waals surface area contributed by atoms with Crippen LogP contribution in [0.25, 0.3) is 10.9 Å². The lowest BCUT2D eigenvalue weighted by molar-refractivity contribution is -0.114. The van der Waals surface area contributed by atoms with Crippen LogP contribution in [0.4, 0.5) is 5.69 Å². The second-order valence-corrected chi connectivity index (χ2v) is 7.78. The van der Waals surface area contributed by atoms with Gasteiger partial charge in [0.15, 0.2) is 0 Å². The van der Waals surface area contributed by atoms with Crippen LogP contribution in [0.15, 0.2) is 59.6 Å². The van der Waals surface area contributed by atoms with E-state index in [-0.39, 0.29) is 10.8 Å². The molecule has 2 N–H and O–H groups in total. The maximum Gasteiger partial charge on any atom is 0.268 e. The van der Waals surface area contributed by atoms with Crippen molar-refractivity contribution in [3.8, 4) is 5.75 Å². The number of nitrogens with zero attached hydrogens (tertiary/aromatic N) is 1. The Bertz CT molecular complexity index is 1060. The molecule has 2 aromatic carbocycles. The average Bonchev–Trinajstić information content (AvgIpc) is 3.08. The van der Waals surface area contributed by atoms with Crippen LogP contribution in [0.5, 0.6) is 5.75 Å². The molecule has 1 heterocycles. The summed E-state index contributed by atoms with van der Waals surface area (Å²) in [7, 11) is -1.94. The largest absolute Gasteiger partial charge is 0.492 e. The molecule has 0 atom stereocenters. The van der Waals surface area contributed by atoms with Crippen molar-refractivity contribution >= 4 is 32.5 Å². The van der Waals surface area contributed by atoms with Crippen molar-refractivity contribution in [1.82, 2.24) is 9.29 Å². The maximum absolute atomic E-state index is 13.0. The SMILES string of the molecule is CNCCOc1cccc2c1ccn2S(=O)(=O)c1ccc(NC(C)=O)cc1. The smallest absolute Gasteiger partial charge is 0.268 e. The summed E-state index contributed by atoms with van der Waals surface area (Å²) >= 11 is 0. The third-order valence-corrected chi connectivity index (χ3v) is 5.70. The first-order chi connectivity index (χ1) is 12.9. The molecule has 0 fully saturated rings. The van der Waals surface area contributed by atoms with Gasteiger partial charge < -0.3 is 15.4 Å². The summed E-state index contributed by atoms with van der Waals surface area (Å²) in [6, 6.07) is 13.1. The van der Waals surface area contributed by atoms with Gasteiger partial charge in [-0.15, -0.1) is 0 Å². The molecule has 0 bridgehead atoms. The first kappa shape index (κ1) is 18.9. The highest BCUT2D eigenvalue weighted by molar-refractivity contribution is 7.90. The van der Waals surface area contributed by atoms with Gasteiger partial charge in [-0.25, -0.2) is 12.4 Å². The molecular formula is C19H21N3O4S. The van der Waals surface area contributed by atoms with Crippen LogP contribution in [-0.4, -0.2) is 38.5 Å². The summed E-state index contributed by atoms with van der Waals surface area (Å²) in [6.07, 6.45) is 1.52. The number of hydrogen-bond acceptors (Lipinski definition) is 5. The quantitative estimate of drug-likeness (QED) is 0.608. The molecule has 3 rings (SSSR count). The Kier molecular flexibility index (Phi) is 5.48. The third kappa shape index (κ3) is 3.96. The molecule has 0 radical (unpaired) electrons. The molecule has 142 valence electrons. The van der Waals surface area contributed by atoms with E-state index in [1.54, 1.807) is 30.3 Å². The summed E-state index contributed by atoms with van der Waals surface area (Å²) in [5.74, 6) is 0.422. The highest BCUT2D eigenvalue weighted by Gasteiger charge is 2.20. The number of carbonyl (C=O) groups excluding carboxylic acids is 1. The number of nitrogens with one attached hydrogen (secondary N) is 2. The van der Waals surface area contributed by atoms with E-state index in [1.165, 1.54) is 29.2 Å². The van der Waals surface area contributed by atoms with Gasteiger partial charge in [0.2, 0.25) is 5.91 Å². The number of ether oxygens (including phenoxy) is 1. The standard InChI is InChI=1S/C19H21N3O4S/c1-14(23)21-15-6-8-16(9-7-15)27(24,25)22-12-10-17-18(22)4-3-5-19(17)26-13-11-20-2/h3-10,12,20H,11,13H2,1-2H3,(H,21,23). The van der Waals surface area contributed by atoms with E-state index in [0.29, 0.717) is 30.1 Å². The molecule has 0 aliphatic carbocycles. The molecule has 1 amide bonds. The zero-order chi connectivity index (χ0) is 19.4. The zero-order valence-corrected chi connectivity index (χ0v) is 15.9. The first-order valence-corrected chi connectivity index (χ1v) is 9.88. The molecule has 0 aliphatic heterocycles. The lowest BCUT2D eigenvalue weighted by Crippen LogP contribution is -2.16. The van der Waals surface area contributed by atoms with Gasteiger partial charge in [0, 0.05) is 30.7 Å². The van der Waals surface area contributed by atoms with E-state index in [4.69, 9.17) is 4.74 Å². The van der Waals surface area contributed by atoms with Crippen LogP contribution in [0.2, 0.25) is 0 Å². The van der Waals surface area contributed by atoms with E-state index in [2.05, 4.69) is 10.6 Å². The Morgan fingerprint density at radius 2 is 1.85 bits per heavy atom. The van der Waals surface area contributed by atoms with Crippen LogP contribution in [-0.2, 0) is 14.8 Å². The topological polar surface area (TPSA) is 89.4 Å². The maximum atomic E-state index is 13.0. The fraction of sp³-hybridized carbons (Fsp3) is 0.211. The summed E-state index contributed by atoms with van der Waals surface area (Å²) in [5, 5.41) is 6.35. The number of anilines is 1. The Hall–Kier alpha value is -2.84. The molecule has 27 heavy (non-hydrogen) atoms. The number of likely N-dealkylation sites (N-methyl/N-ethyl adjacent to an activating group) is 1. The second kappa shape index (κ2) is 7.81. The van der Waals surface area contributed by atoms with E-state index >= 15 is 0 Å². The minimum atomic E-state index is -3.77. The lowest BCUT2D eigenvalue weighted by Gasteiger charge is -2.10. The van der Waals surface area contributed by atoms with Gasteiger partial charge in [-0.2, -0.15) is 0 Å². The first-order valence-electron chi connectivity index (χ1n) is 8.44. The van der Waals surface area contributed by atoms with Gasteiger partial charge in [0.25, 0.3) is 10.0 Å². The van der Waals surface area contributed by atoms with Crippen LogP contribution in [0.1, 0.15) is 6.92 Å². The molecular weight excluding hydrogens is 366 g/mol. The number of carbonyl (C=O) groups is 1. The summed E-state index contributed by atoms with van der Waals surface area (Å²) < 4.78 is 33.0. The second-order valence-electron chi connectivity index (χ2n) is 5.96. The molecule has 3 aromatic rings. The minimum Gasteiger partial charge on any atom is -0.492 e.